The maximum absolute atomic E-state index is 12.6. The predicted octanol–water partition coefficient (Wildman–Crippen LogP) is 2.94. The Hall–Kier alpha value is -2.10. The lowest BCUT2D eigenvalue weighted by Gasteiger charge is -2.21. The van der Waals surface area contributed by atoms with E-state index in [1.54, 1.807) is 11.0 Å². The number of pyridine rings is 1. The molecule has 1 amide bonds. The Labute approximate surface area is 119 Å². The zero-order valence-corrected chi connectivity index (χ0v) is 12.3. The number of nitrogens with zero attached hydrogens (tertiary/aromatic N) is 2. The molecular formula is C16H21N3O. The molecule has 1 aromatic carbocycles. The average molecular weight is 271 g/mol. The summed E-state index contributed by atoms with van der Waals surface area (Å²) in [6, 6.07) is 9.25. The second kappa shape index (κ2) is 5.90. The number of carbonyl (C=O) groups is 1. The molecule has 2 N–H and O–H groups in total. The minimum Gasteiger partial charge on any atom is -0.384 e. The van der Waals surface area contributed by atoms with Gasteiger partial charge in [-0.25, -0.2) is 4.98 Å². The van der Waals surface area contributed by atoms with Crippen LogP contribution in [-0.4, -0.2) is 29.4 Å². The van der Waals surface area contributed by atoms with E-state index >= 15 is 0 Å². The maximum atomic E-state index is 12.6. The number of amides is 1. The minimum atomic E-state index is -0.00407. The monoisotopic (exact) mass is 271 g/mol. The number of carbonyl (C=O) groups excluding carboxylic acids is 1. The smallest absolute Gasteiger partial charge is 0.254 e. The number of nitrogen functional groups attached to an aromatic ring is 1. The molecule has 2 rings (SSSR count). The maximum Gasteiger partial charge on any atom is 0.254 e. The Morgan fingerprint density at radius 1 is 1.40 bits per heavy atom. The first-order chi connectivity index (χ1) is 9.52. The highest BCUT2D eigenvalue weighted by atomic mass is 16.2. The van der Waals surface area contributed by atoms with Crippen LogP contribution < -0.4 is 5.73 Å². The molecular weight excluding hydrogens is 250 g/mol. The van der Waals surface area contributed by atoms with Crippen LogP contribution in [0.3, 0.4) is 0 Å². The Kier molecular flexibility index (Phi) is 4.23. The van der Waals surface area contributed by atoms with Crippen molar-refractivity contribution >= 4 is 22.6 Å². The fraction of sp³-hybridized carbons (Fsp3) is 0.375. The molecule has 106 valence electrons. The number of para-hydroxylation sites is 1. The summed E-state index contributed by atoms with van der Waals surface area (Å²) in [5, 5.41) is 0.850. The molecule has 0 radical (unpaired) electrons. The third-order valence-corrected chi connectivity index (χ3v) is 3.60. The molecule has 0 saturated carbocycles. The fourth-order valence-electron chi connectivity index (χ4n) is 2.26. The van der Waals surface area contributed by atoms with E-state index in [2.05, 4.69) is 18.8 Å². The lowest BCUT2D eigenvalue weighted by molar-refractivity contribution is 0.0777. The number of hydrogen-bond acceptors (Lipinski definition) is 3. The van der Waals surface area contributed by atoms with E-state index in [0.717, 1.165) is 23.9 Å². The molecule has 0 aliphatic rings. The van der Waals surface area contributed by atoms with Crippen molar-refractivity contribution in [3.8, 4) is 0 Å². The van der Waals surface area contributed by atoms with Gasteiger partial charge in [0.05, 0.1) is 11.1 Å². The molecule has 0 fully saturated rings. The van der Waals surface area contributed by atoms with Crippen molar-refractivity contribution in [1.29, 1.82) is 0 Å². The molecule has 1 unspecified atom stereocenters. The molecule has 4 heteroatoms. The first-order valence-electron chi connectivity index (χ1n) is 6.93. The Balaban J connectivity index is 2.39. The summed E-state index contributed by atoms with van der Waals surface area (Å²) in [6.07, 6.45) is 1.05. The van der Waals surface area contributed by atoms with Gasteiger partial charge in [0.2, 0.25) is 0 Å². The van der Waals surface area contributed by atoms with E-state index in [0.29, 0.717) is 17.3 Å². The van der Waals surface area contributed by atoms with Crippen LogP contribution in [0.4, 0.5) is 5.82 Å². The lowest BCUT2D eigenvalue weighted by atomic mass is 10.1. The molecule has 2 aromatic rings. The number of hydrogen-bond donors (Lipinski definition) is 1. The van der Waals surface area contributed by atoms with Gasteiger partial charge in [0, 0.05) is 19.0 Å². The second-order valence-corrected chi connectivity index (χ2v) is 5.31. The molecule has 0 aliphatic carbocycles. The first-order valence-corrected chi connectivity index (χ1v) is 6.93. The molecule has 20 heavy (non-hydrogen) atoms. The molecule has 0 aliphatic heterocycles. The largest absolute Gasteiger partial charge is 0.384 e. The third kappa shape index (κ3) is 2.90. The molecule has 1 heterocycles. The summed E-state index contributed by atoms with van der Waals surface area (Å²) in [5.74, 6) is 0.856. The van der Waals surface area contributed by atoms with Crippen LogP contribution in [0.1, 0.15) is 30.6 Å². The van der Waals surface area contributed by atoms with Gasteiger partial charge >= 0.3 is 0 Å². The van der Waals surface area contributed by atoms with Crippen LogP contribution in [0.5, 0.6) is 0 Å². The van der Waals surface area contributed by atoms with Crippen LogP contribution in [0.25, 0.3) is 10.9 Å². The normalized spacial score (nSPS) is 12.3. The fourth-order valence-corrected chi connectivity index (χ4v) is 2.26. The Bertz CT molecular complexity index is 624. The van der Waals surface area contributed by atoms with Gasteiger partial charge in [-0.2, -0.15) is 0 Å². The van der Waals surface area contributed by atoms with Gasteiger partial charge in [-0.1, -0.05) is 38.5 Å². The van der Waals surface area contributed by atoms with Crippen LogP contribution in [0.2, 0.25) is 0 Å². The molecule has 1 atom stereocenters. The van der Waals surface area contributed by atoms with Gasteiger partial charge in [0.15, 0.2) is 0 Å². The first kappa shape index (κ1) is 14.3. The van der Waals surface area contributed by atoms with Crippen molar-refractivity contribution < 1.29 is 4.79 Å². The Morgan fingerprint density at radius 3 is 2.80 bits per heavy atom. The molecule has 0 spiro atoms. The van der Waals surface area contributed by atoms with Gasteiger partial charge in [-0.15, -0.1) is 0 Å². The topological polar surface area (TPSA) is 59.2 Å². The van der Waals surface area contributed by atoms with Crippen molar-refractivity contribution in [3.63, 3.8) is 0 Å². The highest BCUT2D eigenvalue weighted by Gasteiger charge is 2.17. The number of aromatic nitrogens is 1. The number of anilines is 1. The van der Waals surface area contributed by atoms with E-state index in [4.69, 9.17) is 5.73 Å². The Morgan fingerprint density at radius 2 is 2.10 bits per heavy atom. The van der Waals surface area contributed by atoms with Gasteiger partial charge in [0.25, 0.3) is 5.91 Å². The van der Waals surface area contributed by atoms with E-state index < -0.39 is 0 Å². The quantitative estimate of drug-likeness (QED) is 0.930. The molecule has 0 saturated heterocycles. The van der Waals surface area contributed by atoms with Gasteiger partial charge in [-0.05, 0) is 18.1 Å². The van der Waals surface area contributed by atoms with Gasteiger partial charge < -0.3 is 10.6 Å². The van der Waals surface area contributed by atoms with E-state index in [-0.39, 0.29) is 5.91 Å². The van der Waals surface area contributed by atoms with Crippen LogP contribution in [0, 0.1) is 5.92 Å². The van der Waals surface area contributed by atoms with Gasteiger partial charge in [0.1, 0.15) is 5.82 Å². The zero-order chi connectivity index (χ0) is 14.7. The third-order valence-electron chi connectivity index (χ3n) is 3.60. The van der Waals surface area contributed by atoms with Crippen molar-refractivity contribution in [3.05, 3.63) is 35.9 Å². The van der Waals surface area contributed by atoms with Crippen LogP contribution in [-0.2, 0) is 0 Å². The molecule has 4 nitrogen and oxygen atoms in total. The second-order valence-electron chi connectivity index (χ2n) is 5.31. The predicted molar refractivity (Wildman–Crippen MR) is 82.6 cm³/mol. The van der Waals surface area contributed by atoms with Gasteiger partial charge in [-0.3, -0.25) is 4.79 Å². The number of nitrogens with two attached hydrogens (primary N) is 1. The standard InChI is InChI=1S/C16H21N3O/c1-4-11(2)10-19(3)16(20)13-9-15(17)18-14-8-6-5-7-12(13)14/h5-9,11H,4,10H2,1-3H3,(H2,17,18). The van der Waals surface area contributed by atoms with Crippen LogP contribution >= 0.6 is 0 Å². The minimum absolute atomic E-state index is 0.00407. The highest BCUT2D eigenvalue weighted by Crippen LogP contribution is 2.21. The summed E-state index contributed by atoms with van der Waals surface area (Å²) >= 11 is 0. The lowest BCUT2D eigenvalue weighted by Crippen LogP contribution is -2.31. The number of rotatable bonds is 4. The van der Waals surface area contributed by atoms with Crippen molar-refractivity contribution in [1.82, 2.24) is 9.88 Å². The zero-order valence-electron chi connectivity index (χ0n) is 12.3. The molecule has 1 aromatic heterocycles. The summed E-state index contributed by atoms with van der Waals surface area (Å²) in [7, 11) is 1.83. The summed E-state index contributed by atoms with van der Waals surface area (Å²) < 4.78 is 0. The summed E-state index contributed by atoms with van der Waals surface area (Å²) in [4.78, 5) is 18.6. The molecule has 0 bridgehead atoms. The number of fused-ring (bicyclic) bond motifs is 1. The number of benzene rings is 1. The van der Waals surface area contributed by atoms with E-state index in [1.165, 1.54) is 0 Å². The average Bonchev–Trinajstić information content (AvgIpc) is 2.45. The van der Waals surface area contributed by atoms with E-state index in [9.17, 15) is 4.79 Å². The van der Waals surface area contributed by atoms with Crippen LogP contribution in [0.15, 0.2) is 30.3 Å². The van der Waals surface area contributed by atoms with Crippen molar-refractivity contribution in [2.45, 2.75) is 20.3 Å². The van der Waals surface area contributed by atoms with E-state index in [1.807, 2.05) is 31.3 Å². The summed E-state index contributed by atoms with van der Waals surface area (Å²) in [5.41, 5.74) is 7.19. The highest BCUT2D eigenvalue weighted by molar-refractivity contribution is 6.06. The summed E-state index contributed by atoms with van der Waals surface area (Å²) in [6.45, 7) is 5.01. The van der Waals surface area contributed by atoms with Crippen molar-refractivity contribution in [2.75, 3.05) is 19.3 Å². The van der Waals surface area contributed by atoms with Crippen molar-refractivity contribution in [2.24, 2.45) is 5.92 Å². The SMILES string of the molecule is CCC(C)CN(C)C(=O)c1cc(N)nc2ccccc12.